The van der Waals surface area contributed by atoms with Crippen LogP contribution in [0.15, 0.2) is 88.2 Å². The minimum atomic E-state index is -3.66. The Morgan fingerprint density at radius 2 is 1.66 bits per heavy atom. The molecule has 0 spiro atoms. The van der Waals surface area contributed by atoms with Gasteiger partial charge in [0.15, 0.2) is 5.75 Å². The van der Waals surface area contributed by atoms with Crippen molar-refractivity contribution in [3.05, 3.63) is 83.3 Å². The van der Waals surface area contributed by atoms with Gasteiger partial charge >= 0.3 is 0 Å². The Labute approximate surface area is 196 Å². The number of carbonyl (C=O) groups excluding carboxylic acids is 1. The molecular weight excluding hydrogens is 492 g/mol. The lowest BCUT2D eigenvalue weighted by Gasteiger charge is -2.31. The van der Waals surface area contributed by atoms with E-state index in [1.54, 1.807) is 36.4 Å². The van der Waals surface area contributed by atoms with E-state index in [2.05, 4.69) is 21.2 Å². The van der Waals surface area contributed by atoms with E-state index in [-0.39, 0.29) is 17.3 Å². The molecule has 3 aromatic rings. The number of piperidine rings is 1. The molecule has 0 unspecified atom stereocenters. The zero-order chi connectivity index (χ0) is 22.6. The summed E-state index contributed by atoms with van der Waals surface area (Å²) in [4.78, 5) is 13.3. The molecule has 1 amide bonds. The van der Waals surface area contributed by atoms with Gasteiger partial charge in [-0.1, -0.05) is 46.3 Å². The highest BCUT2D eigenvalue weighted by molar-refractivity contribution is 9.10. The molecule has 1 aliphatic heterocycles. The molecule has 1 fully saturated rings. The van der Waals surface area contributed by atoms with Gasteiger partial charge in [-0.15, -0.1) is 0 Å². The van der Waals surface area contributed by atoms with Crippen molar-refractivity contribution < 1.29 is 17.9 Å². The molecule has 1 saturated heterocycles. The molecule has 0 bridgehead atoms. The van der Waals surface area contributed by atoms with Crippen LogP contribution in [0.1, 0.15) is 12.8 Å². The van der Waals surface area contributed by atoms with Gasteiger partial charge in [0.25, 0.3) is 0 Å². The predicted octanol–water partition coefficient (Wildman–Crippen LogP) is 5.28. The molecular formula is C24H23BrN2O4S. The average Bonchev–Trinajstić information content (AvgIpc) is 2.81. The van der Waals surface area contributed by atoms with Crippen molar-refractivity contribution in [2.75, 3.05) is 18.4 Å². The summed E-state index contributed by atoms with van der Waals surface area (Å²) in [6.45, 7) is 0.543. The van der Waals surface area contributed by atoms with Crippen LogP contribution in [0.3, 0.4) is 0 Å². The molecule has 3 aromatic carbocycles. The summed E-state index contributed by atoms with van der Waals surface area (Å²) < 4.78 is 34.2. The maximum Gasteiger partial charge on any atom is 0.243 e. The fourth-order valence-corrected chi connectivity index (χ4v) is 5.43. The Bertz CT molecular complexity index is 1180. The lowest BCUT2D eigenvalue weighted by molar-refractivity contribution is -0.120. The number of para-hydroxylation sites is 3. The molecule has 0 aromatic heterocycles. The van der Waals surface area contributed by atoms with E-state index < -0.39 is 15.9 Å². The molecule has 0 saturated carbocycles. The molecule has 1 N–H and O–H groups in total. The molecule has 32 heavy (non-hydrogen) atoms. The third-order valence-corrected chi connectivity index (χ3v) is 7.73. The van der Waals surface area contributed by atoms with E-state index in [0.29, 0.717) is 36.6 Å². The highest BCUT2D eigenvalue weighted by Crippen LogP contribution is 2.31. The van der Waals surface area contributed by atoms with Gasteiger partial charge in [0.1, 0.15) is 5.75 Å². The fraction of sp³-hybridized carbons (Fsp3) is 0.208. The van der Waals surface area contributed by atoms with Crippen molar-refractivity contribution in [2.24, 2.45) is 5.92 Å². The number of halogens is 1. The number of hydrogen-bond acceptors (Lipinski definition) is 4. The highest BCUT2D eigenvalue weighted by Gasteiger charge is 2.33. The molecule has 8 heteroatoms. The number of nitrogens with zero attached hydrogens (tertiary/aromatic N) is 1. The van der Waals surface area contributed by atoms with Gasteiger partial charge in [-0.05, 0) is 61.4 Å². The fourth-order valence-electron chi connectivity index (χ4n) is 3.64. The first-order chi connectivity index (χ1) is 15.4. The number of nitrogens with one attached hydrogen (secondary N) is 1. The number of sulfonamides is 1. The van der Waals surface area contributed by atoms with Crippen molar-refractivity contribution in [3.8, 4) is 11.5 Å². The first kappa shape index (κ1) is 22.5. The molecule has 1 heterocycles. The van der Waals surface area contributed by atoms with Crippen LogP contribution in [0.2, 0.25) is 0 Å². The normalized spacial score (nSPS) is 17.0. The van der Waals surface area contributed by atoms with Gasteiger partial charge in [0.2, 0.25) is 15.9 Å². The second kappa shape index (κ2) is 9.85. The summed E-state index contributed by atoms with van der Waals surface area (Å²) in [5.74, 6) is 0.532. The topological polar surface area (TPSA) is 75.7 Å². The van der Waals surface area contributed by atoms with Gasteiger partial charge in [0, 0.05) is 17.6 Å². The summed E-state index contributed by atoms with van der Waals surface area (Å²) in [5, 5.41) is 2.93. The maximum absolute atomic E-state index is 13.0. The molecule has 1 aliphatic rings. The van der Waals surface area contributed by atoms with Crippen LogP contribution in [-0.2, 0) is 14.8 Å². The summed E-state index contributed by atoms with van der Waals surface area (Å²) in [7, 11) is -3.66. The third-order valence-electron chi connectivity index (χ3n) is 5.32. The monoisotopic (exact) mass is 514 g/mol. The number of rotatable bonds is 6. The lowest BCUT2D eigenvalue weighted by atomic mass is 9.98. The Balaban J connectivity index is 1.47. The second-order valence-electron chi connectivity index (χ2n) is 7.56. The molecule has 0 radical (unpaired) electrons. The average molecular weight is 515 g/mol. The summed E-state index contributed by atoms with van der Waals surface area (Å²) in [6.07, 6.45) is 1.25. The van der Waals surface area contributed by atoms with Crippen LogP contribution in [0.5, 0.6) is 11.5 Å². The summed E-state index contributed by atoms with van der Waals surface area (Å²) in [5.41, 5.74) is 0.550. The Morgan fingerprint density at radius 1 is 0.969 bits per heavy atom. The van der Waals surface area contributed by atoms with Crippen LogP contribution in [0.25, 0.3) is 0 Å². The molecule has 0 aliphatic carbocycles. The quantitative estimate of drug-likeness (QED) is 0.485. The van der Waals surface area contributed by atoms with Gasteiger partial charge in [0.05, 0.1) is 16.5 Å². The number of carbonyl (C=O) groups is 1. The first-order valence-electron chi connectivity index (χ1n) is 10.3. The third kappa shape index (κ3) is 5.20. The van der Waals surface area contributed by atoms with Crippen LogP contribution in [0, 0.1) is 5.92 Å². The van der Waals surface area contributed by atoms with Crippen molar-refractivity contribution in [1.29, 1.82) is 0 Å². The van der Waals surface area contributed by atoms with E-state index in [4.69, 9.17) is 4.74 Å². The van der Waals surface area contributed by atoms with E-state index in [1.165, 1.54) is 4.31 Å². The number of amides is 1. The number of anilines is 1. The molecule has 166 valence electrons. The SMILES string of the molecule is O=C(Nc1ccccc1Oc1ccccc1)[C@H]1CCCN(S(=O)(=O)c2ccc(Br)cc2)C1. The van der Waals surface area contributed by atoms with E-state index in [1.807, 2.05) is 42.5 Å². The number of hydrogen-bond donors (Lipinski definition) is 1. The Hall–Kier alpha value is -2.68. The molecule has 1 atom stereocenters. The minimum Gasteiger partial charge on any atom is -0.455 e. The predicted molar refractivity (Wildman–Crippen MR) is 127 cm³/mol. The van der Waals surface area contributed by atoms with Gasteiger partial charge in [-0.25, -0.2) is 8.42 Å². The summed E-state index contributed by atoms with van der Waals surface area (Å²) >= 11 is 3.32. The van der Waals surface area contributed by atoms with Crippen molar-refractivity contribution in [1.82, 2.24) is 4.31 Å². The first-order valence-corrected chi connectivity index (χ1v) is 12.6. The van der Waals surface area contributed by atoms with Crippen LogP contribution >= 0.6 is 15.9 Å². The summed E-state index contributed by atoms with van der Waals surface area (Å²) in [6, 6.07) is 23.1. The second-order valence-corrected chi connectivity index (χ2v) is 10.4. The highest BCUT2D eigenvalue weighted by atomic mass is 79.9. The Morgan fingerprint density at radius 3 is 2.41 bits per heavy atom. The van der Waals surface area contributed by atoms with Crippen LogP contribution < -0.4 is 10.1 Å². The standard InChI is InChI=1S/C24H23BrN2O4S/c25-19-12-14-21(15-13-19)32(29,30)27-16-6-7-18(17-27)24(28)26-22-10-4-5-11-23(22)31-20-8-2-1-3-9-20/h1-5,8-15,18H,6-7,16-17H2,(H,26,28)/t18-/m0/s1. The largest absolute Gasteiger partial charge is 0.455 e. The van der Waals surface area contributed by atoms with E-state index in [0.717, 1.165) is 4.47 Å². The zero-order valence-electron chi connectivity index (χ0n) is 17.3. The smallest absolute Gasteiger partial charge is 0.243 e. The number of benzene rings is 3. The van der Waals surface area contributed by atoms with Gasteiger partial charge in [-0.3, -0.25) is 4.79 Å². The van der Waals surface area contributed by atoms with E-state index >= 15 is 0 Å². The number of ether oxygens (including phenoxy) is 1. The van der Waals surface area contributed by atoms with Crippen molar-refractivity contribution >= 4 is 37.5 Å². The molecule has 6 nitrogen and oxygen atoms in total. The van der Waals surface area contributed by atoms with Crippen molar-refractivity contribution in [2.45, 2.75) is 17.7 Å². The van der Waals surface area contributed by atoms with Crippen LogP contribution in [0.4, 0.5) is 5.69 Å². The maximum atomic E-state index is 13.0. The zero-order valence-corrected chi connectivity index (χ0v) is 19.7. The van der Waals surface area contributed by atoms with E-state index in [9.17, 15) is 13.2 Å². The van der Waals surface area contributed by atoms with Gasteiger partial charge < -0.3 is 10.1 Å². The Kier molecular flexibility index (Phi) is 6.93. The minimum absolute atomic E-state index is 0.145. The van der Waals surface area contributed by atoms with Crippen molar-refractivity contribution in [3.63, 3.8) is 0 Å². The lowest BCUT2D eigenvalue weighted by Crippen LogP contribution is -2.43. The van der Waals surface area contributed by atoms with Gasteiger partial charge in [-0.2, -0.15) is 4.31 Å². The molecule has 4 rings (SSSR count). The van der Waals surface area contributed by atoms with Crippen LogP contribution in [-0.4, -0.2) is 31.7 Å².